The molecule has 0 spiro atoms. The second kappa shape index (κ2) is 4.25. The highest BCUT2D eigenvalue weighted by atomic mass is 16.4. The highest BCUT2D eigenvalue weighted by molar-refractivity contribution is 5.85. The first kappa shape index (κ1) is 11.4. The first-order valence-electron chi connectivity index (χ1n) is 4.71. The molecule has 0 fully saturated rings. The van der Waals surface area contributed by atoms with Crippen LogP contribution < -0.4 is 4.90 Å². The van der Waals surface area contributed by atoms with Crippen molar-refractivity contribution in [2.75, 3.05) is 19.0 Å². The van der Waals surface area contributed by atoms with Gasteiger partial charge in [-0.3, -0.25) is 0 Å². The van der Waals surface area contributed by atoms with Crippen LogP contribution in [0.2, 0.25) is 0 Å². The van der Waals surface area contributed by atoms with Crippen LogP contribution in [0, 0.1) is 0 Å². The van der Waals surface area contributed by atoms with Crippen molar-refractivity contribution in [1.82, 2.24) is 9.97 Å². The molecule has 1 aromatic heterocycles. The second-order valence-electron chi connectivity index (χ2n) is 3.83. The van der Waals surface area contributed by atoms with E-state index < -0.39 is 5.97 Å². The van der Waals surface area contributed by atoms with Crippen molar-refractivity contribution >= 4 is 11.9 Å². The summed E-state index contributed by atoms with van der Waals surface area (Å²) in [6, 6.07) is 1.51. The van der Waals surface area contributed by atoms with Gasteiger partial charge in [0, 0.05) is 19.8 Å². The molecule has 15 heavy (non-hydrogen) atoms. The first-order valence-corrected chi connectivity index (χ1v) is 4.71. The van der Waals surface area contributed by atoms with E-state index in [0.29, 0.717) is 5.95 Å². The van der Waals surface area contributed by atoms with Gasteiger partial charge in [-0.05, 0) is 12.0 Å². The van der Waals surface area contributed by atoms with Gasteiger partial charge in [-0.1, -0.05) is 13.8 Å². The molecule has 1 aromatic rings. The zero-order chi connectivity index (χ0) is 11.6. The average molecular weight is 209 g/mol. The fourth-order valence-corrected chi connectivity index (χ4v) is 1.06. The summed E-state index contributed by atoms with van der Waals surface area (Å²) in [7, 11) is 3.57. The summed E-state index contributed by atoms with van der Waals surface area (Å²) in [5, 5.41) is 8.89. The number of anilines is 1. The molecule has 0 unspecified atom stereocenters. The molecule has 0 aliphatic heterocycles. The predicted octanol–water partition coefficient (Wildman–Crippen LogP) is 1.36. The fraction of sp³-hybridized carbons (Fsp3) is 0.500. The van der Waals surface area contributed by atoms with Crippen LogP contribution in [0.3, 0.4) is 0 Å². The van der Waals surface area contributed by atoms with Crippen LogP contribution >= 0.6 is 0 Å². The Morgan fingerprint density at radius 2 is 2.00 bits per heavy atom. The summed E-state index contributed by atoms with van der Waals surface area (Å²) in [4.78, 5) is 20.7. The highest BCUT2D eigenvalue weighted by Gasteiger charge is 2.13. The van der Waals surface area contributed by atoms with Crippen LogP contribution in [0.1, 0.15) is 35.9 Å². The van der Waals surface area contributed by atoms with Crippen LogP contribution in [0.15, 0.2) is 6.07 Å². The molecule has 0 aromatic carbocycles. The molecule has 0 amide bonds. The van der Waals surface area contributed by atoms with Crippen molar-refractivity contribution in [2.24, 2.45) is 0 Å². The molecule has 0 radical (unpaired) electrons. The Morgan fingerprint density at radius 1 is 1.40 bits per heavy atom. The summed E-state index contributed by atoms with van der Waals surface area (Å²) in [6.45, 7) is 3.93. The third-order valence-corrected chi connectivity index (χ3v) is 1.94. The molecular formula is C10H15N3O2. The minimum atomic E-state index is -1.03. The first-order chi connectivity index (χ1) is 6.91. The van der Waals surface area contributed by atoms with Crippen LogP contribution in [-0.2, 0) is 0 Å². The van der Waals surface area contributed by atoms with E-state index in [1.807, 2.05) is 13.8 Å². The number of hydrogen-bond acceptors (Lipinski definition) is 4. The third kappa shape index (κ3) is 2.65. The Bertz CT molecular complexity index is 349. The quantitative estimate of drug-likeness (QED) is 0.814. The molecule has 5 heteroatoms. The van der Waals surface area contributed by atoms with Crippen LogP contribution in [0.25, 0.3) is 0 Å². The van der Waals surface area contributed by atoms with Gasteiger partial charge < -0.3 is 10.0 Å². The maximum absolute atomic E-state index is 10.8. The molecule has 5 nitrogen and oxygen atoms in total. The highest BCUT2D eigenvalue weighted by Crippen LogP contribution is 2.15. The molecule has 1 N–H and O–H groups in total. The van der Waals surface area contributed by atoms with E-state index in [1.165, 1.54) is 6.07 Å². The third-order valence-electron chi connectivity index (χ3n) is 1.94. The molecular weight excluding hydrogens is 194 g/mol. The molecule has 0 saturated heterocycles. The van der Waals surface area contributed by atoms with Gasteiger partial charge >= 0.3 is 5.97 Å². The van der Waals surface area contributed by atoms with Gasteiger partial charge in [0.05, 0.1) is 0 Å². The molecule has 1 heterocycles. The number of nitrogens with zero attached hydrogens (tertiary/aromatic N) is 3. The largest absolute Gasteiger partial charge is 0.477 e. The fourth-order valence-electron chi connectivity index (χ4n) is 1.06. The van der Waals surface area contributed by atoms with Gasteiger partial charge in [-0.2, -0.15) is 0 Å². The van der Waals surface area contributed by atoms with Crippen LogP contribution in [0.4, 0.5) is 5.95 Å². The zero-order valence-corrected chi connectivity index (χ0v) is 9.35. The van der Waals surface area contributed by atoms with E-state index >= 15 is 0 Å². The maximum Gasteiger partial charge on any atom is 0.354 e. The lowest BCUT2D eigenvalue weighted by molar-refractivity contribution is 0.0690. The van der Waals surface area contributed by atoms with Crippen LogP contribution in [-0.4, -0.2) is 35.1 Å². The van der Waals surface area contributed by atoms with Gasteiger partial charge in [0.25, 0.3) is 0 Å². The molecule has 1 rings (SSSR count). The lowest BCUT2D eigenvalue weighted by atomic mass is 10.1. The zero-order valence-electron chi connectivity index (χ0n) is 9.35. The van der Waals surface area contributed by atoms with E-state index in [2.05, 4.69) is 9.97 Å². The van der Waals surface area contributed by atoms with E-state index in [1.54, 1.807) is 19.0 Å². The van der Waals surface area contributed by atoms with Crippen molar-refractivity contribution in [3.63, 3.8) is 0 Å². The van der Waals surface area contributed by atoms with Gasteiger partial charge in [-0.25, -0.2) is 14.8 Å². The average Bonchev–Trinajstić information content (AvgIpc) is 2.16. The molecule has 0 aliphatic rings. The molecule has 0 bridgehead atoms. The number of aromatic nitrogens is 2. The number of carboxylic acids is 1. The Hall–Kier alpha value is -1.65. The van der Waals surface area contributed by atoms with Crippen molar-refractivity contribution in [2.45, 2.75) is 19.8 Å². The number of carbonyl (C=O) groups is 1. The van der Waals surface area contributed by atoms with Crippen molar-refractivity contribution in [3.8, 4) is 0 Å². The van der Waals surface area contributed by atoms with E-state index in [9.17, 15) is 4.79 Å². The topological polar surface area (TPSA) is 66.3 Å². The van der Waals surface area contributed by atoms with Gasteiger partial charge in [0.2, 0.25) is 5.95 Å². The Morgan fingerprint density at radius 3 is 2.40 bits per heavy atom. The normalized spacial score (nSPS) is 10.5. The minimum absolute atomic E-state index is 0.0393. The lowest BCUT2D eigenvalue weighted by Crippen LogP contribution is -2.16. The van der Waals surface area contributed by atoms with Gasteiger partial charge in [-0.15, -0.1) is 0 Å². The SMILES string of the molecule is CC(C)c1cc(C(=O)O)nc(N(C)C)n1. The smallest absolute Gasteiger partial charge is 0.354 e. The van der Waals surface area contributed by atoms with Crippen molar-refractivity contribution < 1.29 is 9.90 Å². The number of carboxylic acid groups (broad SMARTS) is 1. The summed E-state index contributed by atoms with van der Waals surface area (Å²) in [5.41, 5.74) is 0.781. The molecule has 0 atom stereocenters. The summed E-state index contributed by atoms with van der Waals surface area (Å²) in [6.07, 6.45) is 0. The summed E-state index contributed by atoms with van der Waals surface area (Å²) in [5.74, 6) is -0.411. The Balaban J connectivity index is 3.26. The molecule has 0 aliphatic carbocycles. The second-order valence-corrected chi connectivity index (χ2v) is 3.83. The van der Waals surface area contributed by atoms with E-state index in [4.69, 9.17) is 5.11 Å². The number of hydrogen-bond donors (Lipinski definition) is 1. The summed E-state index contributed by atoms with van der Waals surface area (Å²) >= 11 is 0. The Labute approximate surface area is 88.8 Å². The molecule has 0 saturated carbocycles. The van der Waals surface area contributed by atoms with Crippen molar-refractivity contribution in [1.29, 1.82) is 0 Å². The van der Waals surface area contributed by atoms with Gasteiger partial charge in [0.15, 0.2) is 5.69 Å². The number of rotatable bonds is 3. The van der Waals surface area contributed by atoms with Crippen molar-refractivity contribution in [3.05, 3.63) is 17.5 Å². The van der Waals surface area contributed by atoms with E-state index in [0.717, 1.165) is 5.69 Å². The molecule has 82 valence electrons. The Kier molecular flexibility index (Phi) is 3.24. The van der Waals surface area contributed by atoms with Crippen LogP contribution in [0.5, 0.6) is 0 Å². The number of aromatic carboxylic acids is 1. The lowest BCUT2D eigenvalue weighted by Gasteiger charge is -2.13. The van der Waals surface area contributed by atoms with E-state index in [-0.39, 0.29) is 11.6 Å². The monoisotopic (exact) mass is 209 g/mol. The minimum Gasteiger partial charge on any atom is -0.477 e. The van der Waals surface area contributed by atoms with Gasteiger partial charge in [0.1, 0.15) is 0 Å². The predicted molar refractivity (Wildman–Crippen MR) is 57.4 cm³/mol. The maximum atomic E-state index is 10.8. The standard InChI is InChI=1S/C10H15N3O2/c1-6(2)7-5-8(9(14)15)12-10(11-7)13(3)4/h5-6H,1-4H3,(H,14,15). The summed E-state index contributed by atoms with van der Waals surface area (Å²) < 4.78 is 0.